The van der Waals surface area contributed by atoms with E-state index in [4.69, 9.17) is 4.74 Å². The lowest BCUT2D eigenvalue weighted by Gasteiger charge is -2.20. The van der Waals surface area contributed by atoms with Crippen LogP contribution in [0.2, 0.25) is 0 Å². The number of aliphatic hydroxyl groups is 2. The summed E-state index contributed by atoms with van der Waals surface area (Å²) in [7, 11) is 0. The van der Waals surface area contributed by atoms with Crippen LogP contribution in [0.5, 0.6) is 0 Å². The standard InChI is InChI=1S/C73H135NO5/c1-3-5-7-9-11-13-15-17-19-21-22-23-24-25-26-28-31-34-37-41-45-49-53-57-61-65-71(76)70(69-75)74-72(77)66-62-58-54-50-46-42-38-35-32-29-27-30-33-36-40-44-48-52-56-60-64-68-79-73(78)67-63-59-55-51-47-43-39-20-18-16-14-12-10-8-6-4-2/h14,16,20,39,44,48,56,60-61,65,70-71,75-76H,3-13,15,17-19,21-38,40-43,45-47,49-55,57-59,62-64,66-69H2,1-2H3,(H,74,77)/b16-14-,39-20-,48-44-,60-56-,65-61+. The van der Waals surface area contributed by atoms with Gasteiger partial charge >= 0.3 is 5.97 Å². The van der Waals surface area contributed by atoms with Crippen LogP contribution in [0, 0.1) is 0 Å². The summed E-state index contributed by atoms with van der Waals surface area (Å²) < 4.78 is 5.42. The van der Waals surface area contributed by atoms with Crippen molar-refractivity contribution in [2.75, 3.05) is 13.2 Å². The van der Waals surface area contributed by atoms with E-state index in [2.05, 4.69) is 67.8 Å². The number of nitrogens with one attached hydrogen (secondary N) is 1. The van der Waals surface area contributed by atoms with Crippen LogP contribution in [-0.2, 0) is 14.3 Å². The lowest BCUT2D eigenvalue weighted by molar-refractivity contribution is -0.143. The SMILES string of the molecule is CCCCCC/C=C\C/C=C\CCCCCCCC(=O)OCC/C=C\C/C=C\CCCCCCCCCCCCCCCCC(=O)NC(CO)C(O)/C=C/CCCCCCCCCCCCCCCCCCCCCCCCC. The van der Waals surface area contributed by atoms with Gasteiger partial charge in [0.05, 0.1) is 25.4 Å². The minimum atomic E-state index is -0.851. The minimum Gasteiger partial charge on any atom is -0.465 e. The van der Waals surface area contributed by atoms with Crippen LogP contribution in [0.15, 0.2) is 60.8 Å². The molecule has 6 nitrogen and oxygen atoms in total. The van der Waals surface area contributed by atoms with Crippen molar-refractivity contribution in [3.63, 3.8) is 0 Å². The zero-order valence-corrected chi connectivity index (χ0v) is 52.9. The van der Waals surface area contributed by atoms with E-state index in [0.29, 0.717) is 19.4 Å². The molecule has 0 saturated heterocycles. The van der Waals surface area contributed by atoms with E-state index in [-0.39, 0.29) is 18.5 Å². The van der Waals surface area contributed by atoms with Crippen molar-refractivity contribution in [3.8, 4) is 0 Å². The molecule has 0 saturated carbocycles. The van der Waals surface area contributed by atoms with E-state index in [1.807, 2.05) is 6.08 Å². The van der Waals surface area contributed by atoms with Crippen molar-refractivity contribution >= 4 is 11.9 Å². The maximum Gasteiger partial charge on any atom is 0.305 e. The maximum atomic E-state index is 12.5. The first-order chi connectivity index (χ1) is 39.0. The summed E-state index contributed by atoms with van der Waals surface area (Å²) in [5.74, 6) is -0.119. The van der Waals surface area contributed by atoms with Gasteiger partial charge in [-0.1, -0.05) is 331 Å². The molecule has 0 aromatic rings. The van der Waals surface area contributed by atoms with Gasteiger partial charge in [0.1, 0.15) is 0 Å². The van der Waals surface area contributed by atoms with Crippen LogP contribution in [0.25, 0.3) is 0 Å². The van der Waals surface area contributed by atoms with Crippen molar-refractivity contribution in [1.82, 2.24) is 5.32 Å². The molecule has 79 heavy (non-hydrogen) atoms. The highest BCUT2D eigenvalue weighted by Gasteiger charge is 2.18. The Labute approximate surface area is 492 Å². The van der Waals surface area contributed by atoms with Crippen LogP contribution in [0.1, 0.15) is 367 Å². The molecule has 0 aliphatic carbocycles. The third kappa shape index (κ3) is 64.6. The van der Waals surface area contributed by atoms with Crippen molar-refractivity contribution in [2.45, 2.75) is 379 Å². The van der Waals surface area contributed by atoms with E-state index in [0.717, 1.165) is 64.2 Å². The highest BCUT2D eigenvalue weighted by Crippen LogP contribution is 2.18. The number of allylic oxidation sites excluding steroid dienone is 8. The fraction of sp³-hybridized carbons (Fsp3) is 0.836. The Balaban J connectivity index is 3.49. The van der Waals surface area contributed by atoms with Crippen LogP contribution >= 0.6 is 0 Å². The molecular weight excluding hydrogens is 971 g/mol. The molecule has 0 fully saturated rings. The van der Waals surface area contributed by atoms with Gasteiger partial charge in [-0.05, 0) is 83.5 Å². The average molecular weight is 1110 g/mol. The number of ether oxygens (including phenoxy) is 1. The quantitative estimate of drug-likeness (QED) is 0.0320. The molecule has 0 aromatic carbocycles. The van der Waals surface area contributed by atoms with Gasteiger partial charge in [0, 0.05) is 12.8 Å². The topological polar surface area (TPSA) is 95.9 Å². The first-order valence-corrected chi connectivity index (χ1v) is 35.1. The molecule has 1 amide bonds. The fourth-order valence-corrected chi connectivity index (χ4v) is 10.7. The summed E-state index contributed by atoms with van der Waals surface area (Å²) >= 11 is 0. The third-order valence-corrected chi connectivity index (χ3v) is 16.0. The second-order valence-electron chi connectivity index (χ2n) is 23.9. The summed E-state index contributed by atoms with van der Waals surface area (Å²) in [5.41, 5.74) is 0. The predicted molar refractivity (Wildman–Crippen MR) is 347 cm³/mol. The number of unbranched alkanes of at least 4 members (excludes halogenated alkanes) is 46. The molecule has 0 rings (SSSR count). The number of amides is 1. The lowest BCUT2D eigenvalue weighted by Crippen LogP contribution is -2.45. The number of hydrogen-bond acceptors (Lipinski definition) is 5. The Morgan fingerprint density at radius 2 is 0.633 bits per heavy atom. The van der Waals surface area contributed by atoms with Crippen molar-refractivity contribution < 1.29 is 24.5 Å². The summed E-state index contributed by atoms with van der Waals surface area (Å²) in [6.07, 6.45) is 90.2. The van der Waals surface area contributed by atoms with Crippen LogP contribution in [0.4, 0.5) is 0 Å². The van der Waals surface area contributed by atoms with E-state index >= 15 is 0 Å². The van der Waals surface area contributed by atoms with Crippen molar-refractivity contribution in [1.29, 1.82) is 0 Å². The smallest absolute Gasteiger partial charge is 0.305 e. The third-order valence-electron chi connectivity index (χ3n) is 16.0. The Morgan fingerprint density at radius 3 is 0.975 bits per heavy atom. The summed E-state index contributed by atoms with van der Waals surface area (Å²) in [5, 5.41) is 23.3. The Morgan fingerprint density at radius 1 is 0.354 bits per heavy atom. The molecule has 0 heterocycles. The first kappa shape index (κ1) is 76.6. The predicted octanol–water partition coefficient (Wildman–Crippen LogP) is 22.6. The molecule has 0 aromatic heterocycles. The van der Waals surface area contributed by atoms with Gasteiger partial charge in [0.15, 0.2) is 0 Å². The fourth-order valence-electron chi connectivity index (χ4n) is 10.7. The number of hydrogen-bond donors (Lipinski definition) is 3. The summed E-state index contributed by atoms with van der Waals surface area (Å²) in [4.78, 5) is 24.6. The molecular formula is C73H135NO5. The van der Waals surface area contributed by atoms with Crippen LogP contribution in [0.3, 0.4) is 0 Å². The van der Waals surface area contributed by atoms with E-state index in [9.17, 15) is 19.8 Å². The van der Waals surface area contributed by atoms with E-state index < -0.39 is 12.1 Å². The second kappa shape index (κ2) is 68.1. The molecule has 0 radical (unpaired) electrons. The first-order valence-electron chi connectivity index (χ1n) is 35.1. The molecule has 0 aliphatic rings. The van der Waals surface area contributed by atoms with Crippen LogP contribution in [-0.4, -0.2) is 47.4 Å². The molecule has 462 valence electrons. The van der Waals surface area contributed by atoms with Crippen molar-refractivity contribution in [2.24, 2.45) is 0 Å². The number of aliphatic hydroxyl groups excluding tert-OH is 2. The van der Waals surface area contributed by atoms with Gasteiger partial charge in [0.2, 0.25) is 5.91 Å². The highest BCUT2D eigenvalue weighted by molar-refractivity contribution is 5.76. The van der Waals surface area contributed by atoms with Gasteiger partial charge in [0.25, 0.3) is 0 Å². The Kier molecular flexibility index (Phi) is 66.0. The zero-order chi connectivity index (χ0) is 57.1. The van der Waals surface area contributed by atoms with Gasteiger partial charge in [-0.15, -0.1) is 0 Å². The Bertz CT molecular complexity index is 1370. The zero-order valence-electron chi connectivity index (χ0n) is 52.9. The number of carbonyl (C=O) groups is 2. The lowest BCUT2D eigenvalue weighted by atomic mass is 10.0. The molecule has 2 atom stereocenters. The summed E-state index contributed by atoms with van der Waals surface area (Å²) in [6.45, 7) is 4.79. The monoisotopic (exact) mass is 1110 g/mol. The number of rotatable bonds is 65. The van der Waals surface area contributed by atoms with Gasteiger partial charge in [-0.2, -0.15) is 0 Å². The van der Waals surface area contributed by atoms with Crippen LogP contribution < -0.4 is 5.32 Å². The molecule has 2 unspecified atom stereocenters. The van der Waals surface area contributed by atoms with E-state index in [1.54, 1.807) is 6.08 Å². The number of esters is 1. The Hall–Kier alpha value is -2.44. The molecule has 0 spiro atoms. The largest absolute Gasteiger partial charge is 0.465 e. The average Bonchev–Trinajstić information content (AvgIpc) is 3.45. The van der Waals surface area contributed by atoms with Gasteiger partial charge < -0.3 is 20.3 Å². The summed E-state index contributed by atoms with van der Waals surface area (Å²) in [6, 6.07) is -0.635. The molecule has 0 aliphatic heterocycles. The molecule has 0 bridgehead atoms. The normalized spacial score (nSPS) is 12.9. The van der Waals surface area contributed by atoms with Crippen molar-refractivity contribution in [3.05, 3.63) is 60.8 Å². The number of carbonyl (C=O) groups excluding carboxylic acids is 2. The molecule has 6 heteroatoms. The van der Waals surface area contributed by atoms with Gasteiger partial charge in [-0.25, -0.2) is 0 Å². The van der Waals surface area contributed by atoms with E-state index in [1.165, 1.54) is 276 Å². The second-order valence-corrected chi connectivity index (χ2v) is 23.9. The minimum absolute atomic E-state index is 0.0492. The van der Waals surface area contributed by atoms with Gasteiger partial charge in [-0.3, -0.25) is 9.59 Å². The molecule has 3 N–H and O–H groups in total. The maximum absolute atomic E-state index is 12.5. The highest BCUT2D eigenvalue weighted by atomic mass is 16.5.